The normalized spacial score (nSPS) is 19.4. The highest BCUT2D eigenvalue weighted by Crippen LogP contribution is 2.28. The zero-order chi connectivity index (χ0) is 12.1. The number of halogens is 1. The highest BCUT2D eigenvalue weighted by molar-refractivity contribution is 7.10. The van der Waals surface area contributed by atoms with E-state index in [4.69, 9.17) is 11.6 Å². The van der Waals surface area contributed by atoms with Crippen LogP contribution in [-0.2, 0) is 6.54 Å². The Kier molecular flexibility index (Phi) is 5.33. The van der Waals surface area contributed by atoms with Crippen LogP contribution in [0.4, 0.5) is 0 Å². The highest BCUT2D eigenvalue weighted by Gasteiger charge is 2.21. The fourth-order valence-electron chi connectivity index (χ4n) is 2.86. The summed E-state index contributed by atoms with van der Waals surface area (Å²) in [4.78, 5) is 1.35. The second kappa shape index (κ2) is 6.77. The SMILES string of the molecule is CCC(NCc1cc(Cl)cs1)C1CCCCC1. The van der Waals surface area contributed by atoms with Crippen LogP contribution in [0, 0.1) is 5.92 Å². The van der Waals surface area contributed by atoms with Gasteiger partial charge in [0.2, 0.25) is 0 Å². The van der Waals surface area contributed by atoms with Crippen LogP contribution in [0.1, 0.15) is 50.3 Å². The first kappa shape index (κ1) is 13.4. The zero-order valence-corrected chi connectivity index (χ0v) is 12.1. The molecule has 2 rings (SSSR count). The van der Waals surface area contributed by atoms with Gasteiger partial charge >= 0.3 is 0 Å². The van der Waals surface area contributed by atoms with Crippen LogP contribution in [0.25, 0.3) is 0 Å². The summed E-state index contributed by atoms with van der Waals surface area (Å²) in [6, 6.07) is 2.77. The lowest BCUT2D eigenvalue weighted by molar-refractivity contribution is 0.262. The van der Waals surface area contributed by atoms with Crippen LogP contribution in [0.3, 0.4) is 0 Å². The fourth-order valence-corrected chi connectivity index (χ4v) is 3.88. The number of hydrogen-bond acceptors (Lipinski definition) is 2. The third-order valence-corrected chi connectivity index (χ3v) is 5.10. The van der Waals surface area contributed by atoms with Crippen molar-refractivity contribution in [2.75, 3.05) is 0 Å². The van der Waals surface area contributed by atoms with Gasteiger partial charge in [-0.15, -0.1) is 11.3 Å². The van der Waals surface area contributed by atoms with Gasteiger partial charge in [0.25, 0.3) is 0 Å². The van der Waals surface area contributed by atoms with Crippen LogP contribution in [-0.4, -0.2) is 6.04 Å². The van der Waals surface area contributed by atoms with Crippen molar-refractivity contribution in [3.05, 3.63) is 21.3 Å². The summed E-state index contributed by atoms with van der Waals surface area (Å²) in [6.07, 6.45) is 8.35. The molecule has 1 nitrogen and oxygen atoms in total. The average Bonchev–Trinajstić information content (AvgIpc) is 2.77. The summed E-state index contributed by atoms with van der Waals surface area (Å²) < 4.78 is 0. The van der Waals surface area contributed by atoms with E-state index in [1.807, 2.05) is 5.38 Å². The van der Waals surface area contributed by atoms with Gasteiger partial charge in [-0.05, 0) is 31.2 Å². The second-order valence-corrected chi connectivity index (χ2v) is 6.46. The molecule has 17 heavy (non-hydrogen) atoms. The van der Waals surface area contributed by atoms with E-state index in [2.05, 4.69) is 18.3 Å². The van der Waals surface area contributed by atoms with Crippen molar-refractivity contribution in [2.24, 2.45) is 5.92 Å². The van der Waals surface area contributed by atoms with E-state index in [1.165, 1.54) is 43.4 Å². The summed E-state index contributed by atoms with van der Waals surface area (Å²) in [5.41, 5.74) is 0. The van der Waals surface area contributed by atoms with Gasteiger partial charge in [-0.25, -0.2) is 0 Å². The molecule has 1 aliphatic rings. The smallest absolute Gasteiger partial charge is 0.0516 e. The van der Waals surface area contributed by atoms with Gasteiger partial charge < -0.3 is 5.32 Å². The average molecular weight is 272 g/mol. The molecular weight excluding hydrogens is 250 g/mol. The third kappa shape index (κ3) is 3.97. The van der Waals surface area contributed by atoms with Gasteiger partial charge in [-0.3, -0.25) is 0 Å². The van der Waals surface area contributed by atoms with E-state index >= 15 is 0 Å². The van der Waals surface area contributed by atoms with E-state index in [0.717, 1.165) is 17.5 Å². The summed E-state index contributed by atoms with van der Waals surface area (Å²) in [5.74, 6) is 0.893. The maximum atomic E-state index is 5.94. The van der Waals surface area contributed by atoms with Crippen molar-refractivity contribution in [1.82, 2.24) is 5.32 Å². The lowest BCUT2D eigenvalue weighted by atomic mass is 9.83. The molecule has 0 aliphatic heterocycles. The van der Waals surface area contributed by atoms with Crippen molar-refractivity contribution in [2.45, 2.75) is 58.0 Å². The van der Waals surface area contributed by atoms with Crippen LogP contribution in [0.5, 0.6) is 0 Å². The molecule has 1 heterocycles. The molecule has 1 fully saturated rings. The van der Waals surface area contributed by atoms with Crippen molar-refractivity contribution in [3.63, 3.8) is 0 Å². The molecule has 0 spiro atoms. The molecule has 1 N–H and O–H groups in total. The fraction of sp³-hybridized carbons (Fsp3) is 0.714. The Labute approximate surface area is 114 Å². The first-order valence-corrected chi connectivity index (χ1v) is 8.01. The van der Waals surface area contributed by atoms with E-state index < -0.39 is 0 Å². The Bertz CT molecular complexity index is 331. The molecule has 1 aliphatic carbocycles. The largest absolute Gasteiger partial charge is 0.309 e. The first-order valence-electron chi connectivity index (χ1n) is 6.76. The summed E-state index contributed by atoms with van der Waals surface area (Å²) in [7, 11) is 0. The van der Waals surface area contributed by atoms with Crippen molar-refractivity contribution >= 4 is 22.9 Å². The molecule has 0 bridgehead atoms. The molecule has 0 saturated heterocycles. The predicted octanol–water partition coefficient (Wildman–Crippen LogP) is 4.85. The molecule has 1 atom stereocenters. The topological polar surface area (TPSA) is 12.0 Å². The molecular formula is C14H22ClNS. The quantitative estimate of drug-likeness (QED) is 0.807. The molecule has 1 unspecified atom stereocenters. The Morgan fingerprint density at radius 2 is 2.18 bits per heavy atom. The van der Waals surface area contributed by atoms with Gasteiger partial charge in [-0.2, -0.15) is 0 Å². The number of rotatable bonds is 5. The molecule has 0 radical (unpaired) electrons. The maximum absolute atomic E-state index is 5.94. The first-order chi connectivity index (χ1) is 8.29. The summed E-state index contributed by atoms with van der Waals surface area (Å²) in [6.45, 7) is 3.28. The lowest BCUT2D eigenvalue weighted by Gasteiger charge is -2.30. The molecule has 0 aromatic carbocycles. The second-order valence-electron chi connectivity index (χ2n) is 5.02. The van der Waals surface area contributed by atoms with E-state index in [1.54, 1.807) is 11.3 Å². The molecule has 1 aromatic rings. The van der Waals surface area contributed by atoms with Gasteiger partial charge in [0, 0.05) is 22.8 Å². The Morgan fingerprint density at radius 3 is 2.76 bits per heavy atom. The molecule has 3 heteroatoms. The third-order valence-electron chi connectivity index (χ3n) is 3.82. The minimum Gasteiger partial charge on any atom is -0.309 e. The van der Waals surface area contributed by atoms with Crippen molar-refractivity contribution in [1.29, 1.82) is 0 Å². The van der Waals surface area contributed by atoms with Crippen LogP contribution < -0.4 is 5.32 Å². The maximum Gasteiger partial charge on any atom is 0.0516 e. The van der Waals surface area contributed by atoms with Crippen molar-refractivity contribution in [3.8, 4) is 0 Å². The Morgan fingerprint density at radius 1 is 1.41 bits per heavy atom. The number of hydrogen-bond donors (Lipinski definition) is 1. The summed E-state index contributed by atoms with van der Waals surface area (Å²) >= 11 is 7.70. The molecule has 96 valence electrons. The Balaban J connectivity index is 1.82. The monoisotopic (exact) mass is 271 g/mol. The van der Waals surface area contributed by atoms with E-state index in [0.29, 0.717) is 6.04 Å². The van der Waals surface area contributed by atoms with Crippen LogP contribution >= 0.6 is 22.9 Å². The summed E-state index contributed by atoms with van der Waals surface area (Å²) in [5, 5.41) is 6.61. The molecule has 1 aromatic heterocycles. The number of thiophene rings is 1. The van der Waals surface area contributed by atoms with Crippen LogP contribution in [0.15, 0.2) is 11.4 Å². The van der Waals surface area contributed by atoms with Gasteiger partial charge in [-0.1, -0.05) is 37.8 Å². The zero-order valence-electron chi connectivity index (χ0n) is 10.5. The molecule has 0 amide bonds. The van der Waals surface area contributed by atoms with E-state index in [9.17, 15) is 0 Å². The predicted molar refractivity (Wildman–Crippen MR) is 76.8 cm³/mol. The highest BCUT2D eigenvalue weighted by atomic mass is 35.5. The van der Waals surface area contributed by atoms with Gasteiger partial charge in [0.15, 0.2) is 0 Å². The van der Waals surface area contributed by atoms with E-state index in [-0.39, 0.29) is 0 Å². The van der Waals surface area contributed by atoms with Gasteiger partial charge in [0.05, 0.1) is 5.02 Å². The van der Waals surface area contributed by atoms with Crippen LogP contribution in [0.2, 0.25) is 5.02 Å². The van der Waals surface area contributed by atoms with Crippen molar-refractivity contribution < 1.29 is 0 Å². The van der Waals surface area contributed by atoms with Gasteiger partial charge in [0.1, 0.15) is 0 Å². The minimum atomic E-state index is 0.691. The standard InChI is InChI=1S/C14H22ClNS/c1-2-14(11-6-4-3-5-7-11)16-9-13-8-12(15)10-17-13/h8,10-11,14,16H,2-7,9H2,1H3. The molecule has 1 saturated carbocycles. The minimum absolute atomic E-state index is 0.691. The lowest BCUT2D eigenvalue weighted by Crippen LogP contribution is -2.36. The Hall–Kier alpha value is -0.0500. The number of nitrogens with one attached hydrogen (secondary N) is 1.